The topological polar surface area (TPSA) is 57.7 Å². The van der Waals surface area contributed by atoms with Crippen molar-refractivity contribution in [3.05, 3.63) is 24.3 Å². The van der Waals surface area contributed by atoms with Gasteiger partial charge in [0.2, 0.25) is 15.9 Å². The molecular weight excluding hydrogens is 312 g/mol. The maximum Gasteiger partial charge on any atom is 0.243 e. The molecule has 2 atom stereocenters. The van der Waals surface area contributed by atoms with Crippen LogP contribution < -0.4 is 4.90 Å². The van der Waals surface area contributed by atoms with Gasteiger partial charge in [0.25, 0.3) is 0 Å². The Hall–Kier alpha value is -1.40. The van der Waals surface area contributed by atoms with Crippen molar-refractivity contribution >= 4 is 21.6 Å². The summed E-state index contributed by atoms with van der Waals surface area (Å²) in [5.74, 6) is 0.110. The quantitative estimate of drug-likeness (QED) is 0.853. The Labute approximate surface area is 138 Å². The van der Waals surface area contributed by atoms with E-state index in [1.165, 1.54) is 0 Å². The molecule has 1 amide bonds. The highest BCUT2D eigenvalue weighted by molar-refractivity contribution is 7.89. The minimum Gasteiger partial charge on any atom is -0.312 e. The minimum atomic E-state index is -3.48. The summed E-state index contributed by atoms with van der Waals surface area (Å²) in [7, 11) is -3.48. The predicted octanol–water partition coefficient (Wildman–Crippen LogP) is 2.77. The number of anilines is 1. The lowest BCUT2D eigenvalue weighted by atomic mass is 10.0. The molecule has 0 aromatic heterocycles. The van der Waals surface area contributed by atoms with Gasteiger partial charge < -0.3 is 4.90 Å². The number of rotatable bonds is 3. The van der Waals surface area contributed by atoms with Crippen LogP contribution in [0.3, 0.4) is 0 Å². The molecule has 0 aliphatic carbocycles. The summed E-state index contributed by atoms with van der Waals surface area (Å²) in [4.78, 5) is 13.8. The Morgan fingerprint density at radius 3 is 2.13 bits per heavy atom. The van der Waals surface area contributed by atoms with Crippen molar-refractivity contribution < 1.29 is 13.2 Å². The third-order valence-corrected chi connectivity index (χ3v) is 7.05. The summed E-state index contributed by atoms with van der Waals surface area (Å²) in [5, 5.41) is 0. The number of amides is 1. The molecule has 2 saturated heterocycles. The van der Waals surface area contributed by atoms with Crippen molar-refractivity contribution in [1.82, 2.24) is 4.31 Å². The zero-order valence-corrected chi connectivity index (χ0v) is 14.6. The number of hydrogen-bond donors (Lipinski definition) is 0. The largest absolute Gasteiger partial charge is 0.312 e. The first kappa shape index (κ1) is 16.5. The minimum absolute atomic E-state index is 0.0311. The Bertz CT molecular complexity index is 674. The summed E-state index contributed by atoms with van der Waals surface area (Å²) >= 11 is 0. The van der Waals surface area contributed by atoms with Crippen LogP contribution in [0, 0.1) is 0 Å². The van der Waals surface area contributed by atoms with Gasteiger partial charge in [-0.2, -0.15) is 4.31 Å². The van der Waals surface area contributed by atoms with Crippen LogP contribution in [0.25, 0.3) is 0 Å². The van der Waals surface area contributed by atoms with Crippen molar-refractivity contribution in [2.24, 2.45) is 0 Å². The van der Waals surface area contributed by atoms with E-state index in [4.69, 9.17) is 0 Å². The van der Waals surface area contributed by atoms with Gasteiger partial charge in [-0.1, -0.05) is 6.42 Å². The third-order valence-electron chi connectivity index (χ3n) is 4.91. The molecule has 2 heterocycles. The highest BCUT2D eigenvalue weighted by Gasteiger charge is 2.35. The second-order valence-electron chi connectivity index (χ2n) is 6.61. The molecule has 0 spiro atoms. The van der Waals surface area contributed by atoms with Gasteiger partial charge in [-0.15, -0.1) is 0 Å². The second kappa shape index (κ2) is 6.24. The fraction of sp³-hybridized carbons (Fsp3) is 0.588. The summed E-state index contributed by atoms with van der Waals surface area (Å²) in [6.45, 7) is 4.67. The highest BCUT2D eigenvalue weighted by atomic mass is 32.2. The molecular formula is C17H24N2O3S. The number of hydrogen-bond acceptors (Lipinski definition) is 3. The number of piperidine rings is 1. The molecule has 1 aromatic carbocycles. The van der Waals surface area contributed by atoms with E-state index in [0.29, 0.717) is 17.9 Å². The van der Waals surface area contributed by atoms with Crippen LogP contribution in [-0.4, -0.2) is 37.3 Å². The summed E-state index contributed by atoms with van der Waals surface area (Å²) in [6.07, 6.45) is 4.32. The van der Waals surface area contributed by atoms with Crippen LogP contribution in [0.15, 0.2) is 29.2 Å². The first-order valence-electron chi connectivity index (χ1n) is 8.35. The monoisotopic (exact) mass is 336 g/mol. The molecule has 0 saturated carbocycles. The zero-order chi connectivity index (χ0) is 16.6. The van der Waals surface area contributed by atoms with E-state index in [-0.39, 0.29) is 18.0 Å². The standard InChI is InChI=1S/C17H24N2O3S/c1-13-5-3-6-14(2)19(13)23(21,22)16-10-8-15(9-11-16)18-12-4-7-17(18)20/h8-11,13-14H,3-7,12H2,1-2H3/t13-,14-/m1/s1. The first-order chi connectivity index (χ1) is 10.9. The van der Waals surface area contributed by atoms with E-state index in [9.17, 15) is 13.2 Å². The van der Waals surface area contributed by atoms with Crippen LogP contribution in [0.5, 0.6) is 0 Å². The van der Waals surface area contributed by atoms with Crippen LogP contribution in [0.2, 0.25) is 0 Å². The molecule has 2 aliphatic heterocycles. The average molecular weight is 336 g/mol. The predicted molar refractivity (Wildman–Crippen MR) is 89.8 cm³/mol. The van der Waals surface area contributed by atoms with Crippen molar-refractivity contribution in [2.75, 3.05) is 11.4 Å². The van der Waals surface area contributed by atoms with Gasteiger partial charge in [-0.05, 0) is 57.4 Å². The van der Waals surface area contributed by atoms with Crippen LogP contribution in [0.4, 0.5) is 5.69 Å². The molecule has 2 aliphatic rings. The third kappa shape index (κ3) is 3.02. The zero-order valence-electron chi connectivity index (χ0n) is 13.7. The Morgan fingerprint density at radius 2 is 1.61 bits per heavy atom. The molecule has 23 heavy (non-hydrogen) atoms. The smallest absolute Gasteiger partial charge is 0.243 e. The van der Waals surface area contributed by atoms with E-state index >= 15 is 0 Å². The van der Waals surface area contributed by atoms with Gasteiger partial charge in [0.05, 0.1) is 4.90 Å². The van der Waals surface area contributed by atoms with E-state index < -0.39 is 10.0 Å². The molecule has 1 aromatic rings. The van der Waals surface area contributed by atoms with Gasteiger partial charge in [0, 0.05) is 30.7 Å². The summed E-state index contributed by atoms with van der Waals surface area (Å²) in [5.41, 5.74) is 0.784. The van der Waals surface area contributed by atoms with Gasteiger partial charge >= 0.3 is 0 Å². The average Bonchev–Trinajstić information content (AvgIpc) is 2.93. The van der Waals surface area contributed by atoms with Crippen molar-refractivity contribution in [3.8, 4) is 0 Å². The maximum atomic E-state index is 13.0. The van der Waals surface area contributed by atoms with Crippen molar-refractivity contribution in [2.45, 2.75) is 62.9 Å². The normalized spacial score (nSPS) is 26.7. The van der Waals surface area contributed by atoms with Crippen molar-refractivity contribution in [3.63, 3.8) is 0 Å². The second-order valence-corrected chi connectivity index (χ2v) is 8.45. The first-order valence-corrected chi connectivity index (χ1v) is 9.79. The van der Waals surface area contributed by atoms with E-state index in [2.05, 4.69) is 0 Å². The summed E-state index contributed by atoms with van der Waals surface area (Å²) < 4.78 is 27.5. The van der Waals surface area contributed by atoms with Crippen LogP contribution in [0.1, 0.15) is 46.0 Å². The lowest BCUT2D eigenvalue weighted by Crippen LogP contribution is -2.47. The number of carbonyl (C=O) groups excluding carboxylic acids is 1. The van der Waals surface area contributed by atoms with Gasteiger partial charge in [-0.25, -0.2) is 8.42 Å². The number of benzene rings is 1. The molecule has 0 bridgehead atoms. The van der Waals surface area contributed by atoms with Crippen molar-refractivity contribution in [1.29, 1.82) is 0 Å². The molecule has 3 rings (SSSR count). The maximum absolute atomic E-state index is 13.0. The fourth-order valence-corrected chi connectivity index (χ4v) is 5.59. The molecule has 0 unspecified atom stereocenters. The van der Waals surface area contributed by atoms with Crippen LogP contribution in [-0.2, 0) is 14.8 Å². The summed E-state index contributed by atoms with van der Waals surface area (Å²) in [6, 6.07) is 6.81. The van der Waals surface area contributed by atoms with Gasteiger partial charge in [0.1, 0.15) is 0 Å². The number of sulfonamides is 1. The molecule has 0 radical (unpaired) electrons. The number of nitrogens with zero attached hydrogens (tertiary/aromatic N) is 2. The van der Waals surface area contributed by atoms with Gasteiger partial charge in [0.15, 0.2) is 0 Å². The van der Waals surface area contributed by atoms with Crippen LogP contribution >= 0.6 is 0 Å². The molecule has 5 nitrogen and oxygen atoms in total. The SMILES string of the molecule is C[C@@H]1CCC[C@@H](C)N1S(=O)(=O)c1ccc(N2CCCC2=O)cc1. The Kier molecular flexibility index (Phi) is 4.47. The fourth-order valence-electron chi connectivity index (χ4n) is 3.71. The molecule has 6 heteroatoms. The van der Waals surface area contributed by atoms with E-state index in [1.54, 1.807) is 33.5 Å². The molecule has 126 valence electrons. The molecule has 0 N–H and O–H groups in total. The van der Waals surface area contributed by atoms with E-state index in [1.807, 2.05) is 13.8 Å². The Balaban J connectivity index is 1.87. The lowest BCUT2D eigenvalue weighted by molar-refractivity contribution is -0.117. The van der Waals surface area contributed by atoms with Gasteiger partial charge in [-0.3, -0.25) is 4.79 Å². The number of carbonyl (C=O) groups is 1. The molecule has 2 fully saturated rings. The Morgan fingerprint density at radius 1 is 1.00 bits per heavy atom. The highest BCUT2D eigenvalue weighted by Crippen LogP contribution is 2.30. The lowest BCUT2D eigenvalue weighted by Gasteiger charge is -2.37. The van der Waals surface area contributed by atoms with E-state index in [0.717, 1.165) is 31.4 Å².